The molecule has 0 aromatic heterocycles. The molecule has 0 nitrogen and oxygen atoms in total. The Hall–Kier alpha value is 0.600. The first-order chi connectivity index (χ1) is 21.5. The van der Waals surface area contributed by atoms with Crippen molar-refractivity contribution in [1.29, 1.82) is 0 Å². The second-order valence-electron chi connectivity index (χ2n) is 18.3. The van der Waals surface area contributed by atoms with E-state index >= 15 is 0 Å². The zero-order chi connectivity index (χ0) is 30.5. The van der Waals surface area contributed by atoms with Crippen LogP contribution in [0.3, 0.4) is 0 Å². The van der Waals surface area contributed by atoms with Crippen molar-refractivity contribution in [1.82, 2.24) is 0 Å². The van der Waals surface area contributed by atoms with Crippen molar-refractivity contribution in [3.05, 3.63) is 11.1 Å². The van der Waals surface area contributed by atoms with Crippen LogP contribution in [0.1, 0.15) is 213 Å². The first kappa shape index (κ1) is 34.5. The van der Waals surface area contributed by atoms with E-state index in [1.807, 2.05) is 0 Å². The van der Waals surface area contributed by atoms with Crippen LogP contribution in [0.5, 0.6) is 0 Å². The molecule has 0 saturated heterocycles. The highest BCUT2D eigenvalue weighted by atomic mass is 31.2. The molecule has 6 fully saturated rings. The maximum Gasteiger partial charge on any atom is 0.201 e. The summed E-state index contributed by atoms with van der Waals surface area (Å²) in [5.41, 5.74) is 6.94. The smallest absolute Gasteiger partial charge is 0.0564 e. The average Bonchev–Trinajstić information content (AvgIpc) is 3.08. The van der Waals surface area contributed by atoms with Gasteiger partial charge in [0.05, 0.1) is 48.5 Å². The molecule has 6 rings (SSSR count). The van der Waals surface area contributed by atoms with Crippen molar-refractivity contribution in [2.45, 2.75) is 247 Å². The zero-order valence-electron chi connectivity index (χ0n) is 30.1. The highest BCUT2D eigenvalue weighted by Gasteiger charge is 2.73. The maximum atomic E-state index is 3.25. The van der Waals surface area contributed by atoms with Crippen LogP contribution in [0.2, 0.25) is 0 Å². The van der Waals surface area contributed by atoms with Gasteiger partial charge in [-0.05, 0) is 166 Å². The highest BCUT2D eigenvalue weighted by Crippen LogP contribution is 2.97. The van der Waals surface area contributed by atoms with Crippen LogP contribution in [0.15, 0.2) is 11.1 Å². The van der Waals surface area contributed by atoms with Gasteiger partial charge >= 0.3 is 0 Å². The Morgan fingerprint density at radius 3 is 0.682 bits per heavy atom. The summed E-state index contributed by atoms with van der Waals surface area (Å²) >= 11 is 0. The van der Waals surface area contributed by atoms with Crippen LogP contribution in [-0.4, -0.2) is 34.0 Å². The Bertz CT molecular complexity index is 720. The second-order valence-corrected chi connectivity index (χ2v) is 27.3. The number of hydrogen-bond donors (Lipinski definition) is 0. The van der Waals surface area contributed by atoms with E-state index < -0.39 is 14.5 Å². The van der Waals surface area contributed by atoms with E-state index in [1.165, 1.54) is 38.5 Å². The van der Waals surface area contributed by atoms with Crippen LogP contribution >= 0.6 is 14.5 Å². The Morgan fingerprint density at radius 2 is 0.523 bits per heavy atom. The highest BCUT2D eigenvalue weighted by molar-refractivity contribution is 8.00. The molecule has 0 heterocycles. The van der Waals surface area contributed by atoms with Gasteiger partial charge in [-0.15, -0.1) is 0 Å². The van der Waals surface area contributed by atoms with Gasteiger partial charge in [-0.3, -0.25) is 0 Å². The molecule has 0 radical (unpaired) electrons. The van der Waals surface area contributed by atoms with Crippen LogP contribution in [0.4, 0.5) is 0 Å². The van der Waals surface area contributed by atoms with Gasteiger partial charge in [0.2, 0.25) is 5.06 Å². The van der Waals surface area contributed by atoms with Gasteiger partial charge in [-0.25, -0.2) is 0 Å². The first-order valence-electron chi connectivity index (χ1n) is 21.0. The minimum Gasteiger partial charge on any atom is -0.0564 e. The summed E-state index contributed by atoms with van der Waals surface area (Å²) < 4.78 is 0. The molecule has 0 amide bonds. The molecule has 0 aromatic carbocycles. The van der Waals surface area contributed by atoms with Crippen LogP contribution in [-0.2, 0) is 0 Å². The molecule has 6 saturated carbocycles. The molecule has 6 aliphatic rings. The lowest BCUT2D eigenvalue weighted by atomic mass is 9.97. The topological polar surface area (TPSA) is 0 Å². The molecular weight excluding hydrogens is 566 g/mol. The SMILES string of the molecule is CC(C)(C)C=C([P+](C1CCCCC1)(C1CCCCC1)C1CCCCC1)[P+](C1CCCCC1)(C1CCCCC1)C1CCCCC1. The summed E-state index contributed by atoms with van der Waals surface area (Å²) in [5, 5.41) is 2.45. The second kappa shape index (κ2) is 15.9. The summed E-state index contributed by atoms with van der Waals surface area (Å²) in [6, 6.07) is 0. The fourth-order valence-corrected chi connectivity index (χ4v) is 32.6. The maximum absolute atomic E-state index is 3.25. The number of allylic oxidation sites excluding steroid dienone is 1. The van der Waals surface area contributed by atoms with Gasteiger partial charge in [-0.1, -0.05) is 59.3 Å². The third kappa shape index (κ3) is 7.14. The van der Waals surface area contributed by atoms with Gasteiger partial charge in [0, 0.05) is 0 Å². The van der Waals surface area contributed by atoms with Gasteiger partial charge in [0.25, 0.3) is 0 Å². The van der Waals surface area contributed by atoms with Crippen molar-refractivity contribution < 1.29 is 0 Å². The van der Waals surface area contributed by atoms with Crippen molar-refractivity contribution in [3.63, 3.8) is 0 Å². The van der Waals surface area contributed by atoms with Crippen molar-refractivity contribution in [3.8, 4) is 0 Å². The molecule has 0 N–H and O–H groups in total. The van der Waals surface area contributed by atoms with E-state index in [0.29, 0.717) is 5.41 Å². The molecule has 44 heavy (non-hydrogen) atoms. The lowest BCUT2D eigenvalue weighted by molar-refractivity contribution is 0.447. The van der Waals surface area contributed by atoms with Gasteiger partial charge in [0.1, 0.15) is 0 Å². The van der Waals surface area contributed by atoms with Crippen LogP contribution in [0, 0.1) is 5.41 Å². The molecule has 0 aromatic rings. The Labute approximate surface area is 277 Å². The third-order valence-electron chi connectivity index (χ3n) is 14.4. The minimum absolute atomic E-state index is 0.321. The van der Waals surface area contributed by atoms with E-state index in [9.17, 15) is 0 Å². The van der Waals surface area contributed by atoms with Gasteiger partial charge in [0.15, 0.2) is 0 Å². The molecule has 252 valence electrons. The van der Waals surface area contributed by atoms with Crippen LogP contribution in [0.25, 0.3) is 0 Å². The predicted molar refractivity (Wildman–Crippen MR) is 203 cm³/mol. The van der Waals surface area contributed by atoms with Crippen molar-refractivity contribution in [2.75, 3.05) is 0 Å². The van der Waals surface area contributed by atoms with E-state index in [2.05, 4.69) is 31.9 Å². The van der Waals surface area contributed by atoms with E-state index in [4.69, 9.17) is 0 Å². The number of hydrogen-bond acceptors (Lipinski definition) is 0. The Morgan fingerprint density at radius 1 is 0.341 bits per heavy atom. The monoisotopic (exact) mass is 643 g/mol. The Kier molecular flexibility index (Phi) is 12.4. The lowest BCUT2D eigenvalue weighted by Crippen LogP contribution is -2.43. The quantitative estimate of drug-likeness (QED) is 0.231. The van der Waals surface area contributed by atoms with E-state index in [1.54, 1.807) is 154 Å². The first-order valence-corrected chi connectivity index (χ1v) is 25.0. The predicted octanol–water partition coefficient (Wildman–Crippen LogP) is 14.9. The summed E-state index contributed by atoms with van der Waals surface area (Å²) in [7, 11) is -2.68. The standard InChI is InChI=1S/C42H76P2/c1-42(2,3)34-41(43(35-22-10-4-11-23-35,36-24-12-5-13-25-36)37-26-14-6-15-27-37)44(38-28-16-7-17-29-38,39-30-18-8-19-31-39)40-32-20-9-21-33-40/h34-40H,4-33H2,1-3H3/q+2. The zero-order valence-corrected chi connectivity index (χ0v) is 31.9. The lowest BCUT2D eigenvalue weighted by Gasteiger charge is -2.56. The summed E-state index contributed by atoms with van der Waals surface area (Å²) in [4.78, 5) is 0. The Balaban J connectivity index is 1.66. The fourth-order valence-electron chi connectivity index (χ4n) is 12.9. The summed E-state index contributed by atoms with van der Waals surface area (Å²) in [6.07, 6.45) is 50.8. The molecule has 0 spiro atoms. The molecule has 0 bridgehead atoms. The average molecular weight is 643 g/mol. The minimum atomic E-state index is -1.34. The largest absolute Gasteiger partial charge is 0.201 e. The fraction of sp³-hybridized carbons (Fsp3) is 0.952. The van der Waals surface area contributed by atoms with E-state index in [0.717, 1.165) is 34.0 Å². The van der Waals surface area contributed by atoms with Gasteiger partial charge < -0.3 is 0 Å². The van der Waals surface area contributed by atoms with Gasteiger partial charge in [-0.2, -0.15) is 0 Å². The number of rotatable bonds is 8. The molecular formula is C42H76P2+2. The van der Waals surface area contributed by atoms with Crippen molar-refractivity contribution >= 4 is 14.5 Å². The van der Waals surface area contributed by atoms with Crippen molar-refractivity contribution in [2.24, 2.45) is 5.41 Å². The van der Waals surface area contributed by atoms with Crippen LogP contribution < -0.4 is 0 Å². The molecule has 0 atom stereocenters. The third-order valence-corrected chi connectivity index (χ3v) is 28.7. The molecule has 2 heteroatoms. The van der Waals surface area contributed by atoms with E-state index in [-0.39, 0.29) is 0 Å². The normalized spacial score (nSPS) is 27.8. The molecule has 0 aliphatic heterocycles. The molecule has 6 aliphatic carbocycles. The molecule has 0 unspecified atom stereocenters. The summed E-state index contributed by atoms with van der Waals surface area (Å²) in [5.74, 6) is 0. The summed E-state index contributed by atoms with van der Waals surface area (Å²) in [6.45, 7) is 8.00.